The van der Waals surface area contributed by atoms with Crippen LogP contribution in [0.15, 0.2) is 42.5 Å². The average molecular weight is 681 g/mol. The Labute approximate surface area is 284 Å². The maximum atomic E-state index is 13.8. The van der Waals surface area contributed by atoms with Crippen LogP contribution in [0.25, 0.3) is 11.3 Å². The molecule has 0 aliphatic carbocycles. The average Bonchev–Trinajstić information content (AvgIpc) is 3.11. The number of carboxylic acid groups (broad SMARTS) is 1. The molecule has 10 nitrogen and oxygen atoms in total. The number of nitrogens with zero attached hydrogens (tertiary/aromatic N) is 5. The van der Waals surface area contributed by atoms with E-state index in [4.69, 9.17) is 37.7 Å². The number of piperidine rings is 2. The number of para-hydroxylation sites is 1. The van der Waals surface area contributed by atoms with E-state index < -0.39 is 5.97 Å². The van der Waals surface area contributed by atoms with Crippen LogP contribution in [0.1, 0.15) is 58.4 Å². The second-order valence-corrected chi connectivity index (χ2v) is 13.5. The molecular weight excluding hydrogens is 641 g/mol. The summed E-state index contributed by atoms with van der Waals surface area (Å²) in [6.07, 6.45) is 5.25. The molecule has 1 amide bonds. The van der Waals surface area contributed by atoms with Gasteiger partial charge in [-0.25, -0.2) is 9.78 Å². The lowest BCUT2D eigenvalue weighted by Gasteiger charge is -2.41. The maximum Gasteiger partial charge on any atom is 0.339 e. The van der Waals surface area contributed by atoms with E-state index in [1.54, 1.807) is 17.0 Å². The first-order valence-electron chi connectivity index (χ1n) is 16.5. The largest absolute Gasteiger partial charge is 0.478 e. The van der Waals surface area contributed by atoms with Gasteiger partial charge in [0.25, 0.3) is 5.91 Å². The molecule has 4 aliphatic heterocycles. The molecule has 1 N–H and O–H groups in total. The lowest BCUT2D eigenvalue weighted by atomic mass is 10.0. The minimum Gasteiger partial charge on any atom is -0.478 e. The van der Waals surface area contributed by atoms with E-state index in [0.29, 0.717) is 39.9 Å². The summed E-state index contributed by atoms with van der Waals surface area (Å²) in [5.41, 5.74) is 3.58. The van der Waals surface area contributed by atoms with Gasteiger partial charge in [-0.05, 0) is 62.4 Å². The minimum atomic E-state index is -0.996. The predicted molar refractivity (Wildman–Crippen MR) is 182 cm³/mol. The number of anilines is 2. The van der Waals surface area contributed by atoms with Crippen molar-refractivity contribution in [2.24, 2.45) is 0 Å². The summed E-state index contributed by atoms with van der Waals surface area (Å²) in [7, 11) is 0. The third kappa shape index (κ3) is 6.61. The molecule has 0 unspecified atom stereocenters. The van der Waals surface area contributed by atoms with Crippen LogP contribution in [0.4, 0.5) is 11.5 Å². The number of morpholine rings is 1. The number of carboxylic acids is 1. The Bertz CT molecular complexity index is 1630. The second kappa shape index (κ2) is 13.9. The first kappa shape index (κ1) is 32.0. The van der Waals surface area contributed by atoms with Gasteiger partial charge in [0.1, 0.15) is 17.1 Å². The normalized spacial score (nSPS) is 19.3. The summed E-state index contributed by atoms with van der Waals surface area (Å²) in [6.45, 7) is 7.24. The lowest BCUT2D eigenvalue weighted by Crippen LogP contribution is -2.49. The van der Waals surface area contributed by atoms with Gasteiger partial charge in [-0.1, -0.05) is 35.3 Å². The van der Waals surface area contributed by atoms with Crippen molar-refractivity contribution < 1.29 is 24.2 Å². The van der Waals surface area contributed by atoms with Crippen molar-refractivity contribution in [3.8, 4) is 17.0 Å². The Morgan fingerprint density at radius 3 is 2.30 bits per heavy atom. The number of carbonyl (C=O) groups excluding carboxylic acids is 1. The van der Waals surface area contributed by atoms with Crippen LogP contribution < -0.4 is 14.5 Å². The fourth-order valence-electron chi connectivity index (χ4n) is 7.25. The number of amides is 1. The summed E-state index contributed by atoms with van der Waals surface area (Å²) in [5, 5.41) is 10.5. The molecule has 0 radical (unpaired) electrons. The zero-order chi connectivity index (χ0) is 32.5. The zero-order valence-electron chi connectivity index (χ0n) is 26.3. The van der Waals surface area contributed by atoms with Gasteiger partial charge < -0.3 is 29.3 Å². The molecule has 47 heavy (non-hydrogen) atoms. The Morgan fingerprint density at radius 1 is 0.872 bits per heavy atom. The number of hydrogen-bond acceptors (Lipinski definition) is 8. The molecule has 7 rings (SSSR count). The fourth-order valence-corrected chi connectivity index (χ4v) is 7.89. The van der Waals surface area contributed by atoms with E-state index in [1.807, 2.05) is 30.3 Å². The molecule has 2 aromatic carbocycles. The molecule has 4 aliphatic rings. The highest BCUT2D eigenvalue weighted by atomic mass is 35.5. The molecule has 12 heteroatoms. The molecule has 3 fully saturated rings. The molecular formula is C35H39Cl2N5O5. The van der Waals surface area contributed by atoms with Crippen molar-refractivity contribution >= 4 is 46.6 Å². The highest BCUT2D eigenvalue weighted by Gasteiger charge is 2.31. The Morgan fingerprint density at radius 2 is 1.60 bits per heavy atom. The number of halogens is 2. The number of carbonyl (C=O) groups is 2. The van der Waals surface area contributed by atoms with Gasteiger partial charge in [0.2, 0.25) is 0 Å². The van der Waals surface area contributed by atoms with Crippen molar-refractivity contribution in [3.05, 3.63) is 69.2 Å². The third-order valence-corrected chi connectivity index (χ3v) is 10.4. The number of ether oxygens (including phenoxy) is 2. The minimum absolute atomic E-state index is 0.0124. The van der Waals surface area contributed by atoms with Crippen molar-refractivity contribution in [2.75, 3.05) is 69.0 Å². The summed E-state index contributed by atoms with van der Waals surface area (Å²) in [6, 6.07) is 13.3. The van der Waals surface area contributed by atoms with Crippen LogP contribution in [-0.4, -0.2) is 97.0 Å². The van der Waals surface area contributed by atoms with Crippen LogP contribution in [-0.2, 0) is 11.3 Å². The van der Waals surface area contributed by atoms with Crippen LogP contribution in [0.5, 0.6) is 5.75 Å². The fraction of sp³-hybridized carbons (Fsp3) is 0.457. The quantitative estimate of drug-likeness (QED) is 0.335. The molecule has 248 valence electrons. The first-order chi connectivity index (χ1) is 22.9. The van der Waals surface area contributed by atoms with Gasteiger partial charge >= 0.3 is 5.97 Å². The van der Waals surface area contributed by atoms with Crippen molar-refractivity contribution in [1.82, 2.24) is 14.8 Å². The van der Waals surface area contributed by atoms with E-state index in [1.165, 1.54) is 0 Å². The summed E-state index contributed by atoms with van der Waals surface area (Å²) in [5.74, 6) is -0.187. The first-order valence-corrected chi connectivity index (χ1v) is 17.2. The summed E-state index contributed by atoms with van der Waals surface area (Å²) in [4.78, 5) is 39.1. The highest BCUT2D eigenvalue weighted by molar-refractivity contribution is 6.40. The van der Waals surface area contributed by atoms with Gasteiger partial charge in [-0.3, -0.25) is 9.69 Å². The van der Waals surface area contributed by atoms with Crippen LogP contribution >= 0.6 is 23.2 Å². The van der Waals surface area contributed by atoms with E-state index in [-0.39, 0.29) is 23.8 Å². The number of pyridine rings is 1. The van der Waals surface area contributed by atoms with E-state index in [0.717, 1.165) is 101 Å². The maximum absolute atomic E-state index is 13.8. The van der Waals surface area contributed by atoms with Crippen LogP contribution in [0.3, 0.4) is 0 Å². The van der Waals surface area contributed by atoms with E-state index in [9.17, 15) is 14.7 Å². The number of rotatable bonds is 6. The molecule has 3 saturated heterocycles. The van der Waals surface area contributed by atoms with Gasteiger partial charge in [-0.15, -0.1) is 0 Å². The highest BCUT2D eigenvalue weighted by Crippen LogP contribution is 2.39. The van der Waals surface area contributed by atoms with Gasteiger partial charge in [-0.2, -0.15) is 0 Å². The standard InChI is InChI=1S/C35H39Cl2N5O5/c36-28-19-25(39-13-9-24(10-14-39)40-15-17-46-18-16-40)20-29(37)31(28)34(43)42-21-23-5-4-6-26(32(23)47-22-42)30-8-7-27(35(44)45)33(38-30)41-11-2-1-3-12-41/h4-8,19-20,24H,1-3,9-18,21-22H2,(H,44,45). The van der Waals surface area contributed by atoms with Crippen LogP contribution in [0.2, 0.25) is 10.0 Å². The van der Waals surface area contributed by atoms with Gasteiger partial charge in [0.15, 0.2) is 6.73 Å². The number of hydrogen-bond donors (Lipinski definition) is 1. The SMILES string of the molecule is O=C(O)c1ccc(-c2cccc3c2OCN(C(=O)c2c(Cl)cc(N4CCC(N5CCOCC5)CC4)cc2Cl)C3)nc1N1CCCCC1. The zero-order valence-corrected chi connectivity index (χ0v) is 27.8. The number of benzene rings is 2. The molecule has 0 bridgehead atoms. The topological polar surface area (TPSA) is 98.7 Å². The Hall–Kier alpha value is -3.57. The summed E-state index contributed by atoms with van der Waals surface area (Å²) >= 11 is 13.5. The molecule has 0 saturated carbocycles. The number of aromatic carboxylic acids is 1. The third-order valence-electron chi connectivity index (χ3n) is 9.78. The number of aromatic nitrogens is 1. The van der Waals surface area contributed by atoms with Gasteiger partial charge in [0.05, 0.1) is 41.1 Å². The van der Waals surface area contributed by atoms with Gasteiger partial charge in [0, 0.05) is 62.1 Å². The van der Waals surface area contributed by atoms with Crippen molar-refractivity contribution in [2.45, 2.75) is 44.7 Å². The van der Waals surface area contributed by atoms with E-state index >= 15 is 0 Å². The molecule has 1 aromatic heterocycles. The molecule has 5 heterocycles. The molecule has 3 aromatic rings. The second-order valence-electron chi connectivity index (χ2n) is 12.6. The van der Waals surface area contributed by atoms with Crippen molar-refractivity contribution in [3.63, 3.8) is 0 Å². The van der Waals surface area contributed by atoms with Crippen molar-refractivity contribution in [1.29, 1.82) is 0 Å². The summed E-state index contributed by atoms with van der Waals surface area (Å²) < 4.78 is 11.7. The smallest absolute Gasteiger partial charge is 0.339 e. The monoisotopic (exact) mass is 679 g/mol. The molecule has 0 spiro atoms. The Balaban J connectivity index is 1.07. The number of fused-ring (bicyclic) bond motifs is 1. The predicted octanol–water partition coefficient (Wildman–Crippen LogP) is 6.04. The van der Waals surface area contributed by atoms with Crippen LogP contribution in [0, 0.1) is 0 Å². The van der Waals surface area contributed by atoms with E-state index in [2.05, 4.69) is 14.7 Å². The lowest BCUT2D eigenvalue weighted by molar-refractivity contribution is 0.0115. The Kier molecular flexibility index (Phi) is 9.45. The molecule has 0 atom stereocenters.